The third-order valence-electron chi connectivity index (χ3n) is 5.59. The van der Waals surface area contributed by atoms with Crippen LogP contribution in [0.15, 0.2) is 58.7 Å². The van der Waals surface area contributed by atoms with Crippen molar-refractivity contribution in [3.63, 3.8) is 0 Å². The molecule has 158 valence electrons. The summed E-state index contributed by atoms with van der Waals surface area (Å²) in [5, 5.41) is 2.73. The van der Waals surface area contributed by atoms with Crippen LogP contribution >= 0.6 is 15.9 Å². The summed E-state index contributed by atoms with van der Waals surface area (Å²) in [6, 6.07) is 15.7. The van der Waals surface area contributed by atoms with Crippen LogP contribution in [-0.2, 0) is 11.3 Å². The van der Waals surface area contributed by atoms with Crippen molar-refractivity contribution in [3.05, 3.63) is 92.3 Å². The maximum Gasteiger partial charge on any atom is 0.329 e. The number of nitrogens with one attached hydrogen (secondary N) is 1. The number of carbonyl (C=O) groups is 2. The van der Waals surface area contributed by atoms with Gasteiger partial charge in [-0.15, -0.1) is 0 Å². The lowest BCUT2D eigenvalue weighted by molar-refractivity contribution is -0.123. The number of nitrogens with zero attached hydrogens (tertiary/aromatic N) is 2. The first-order valence-corrected chi connectivity index (χ1v) is 10.9. The highest BCUT2D eigenvalue weighted by Crippen LogP contribution is 2.27. The van der Waals surface area contributed by atoms with Crippen molar-refractivity contribution in [2.45, 2.75) is 34.2 Å². The molecule has 1 aliphatic heterocycles. The molecule has 1 aliphatic rings. The van der Waals surface area contributed by atoms with Crippen LogP contribution in [0.4, 0.5) is 4.79 Å². The van der Waals surface area contributed by atoms with Crippen molar-refractivity contribution >= 4 is 33.9 Å². The molecule has 3 amide bonds. The Hall–Kier alpha value is -3.12. The van der Waals surface area contributed by atoms with Crippen molar-refractivity contribution in [1.29, 1.82) is 0 Å². The molecule has 5 nitrogen and oxygen atoms in total. The average Bonchev–Trinajstić information content (AvgIpc) is 3.15. The molecular formula is C25H24BrN3O2. The van der Waals surface area contributed by atoms with E-state index in [9.17, 15) is 9.59 Å². The van der Waals surface area contributed by atoms with E-state index < -0.39 is 6.03 Å². The summed E-state index contributed by atoms with van der Waals surface area (Å²) in [4.78, 5) is 26.6. The zero-order chi connectivity index (χ0) is 22.3. The van der Waals surface area contributed by atoms with Crippen LogP contribution in [0.2, 0.25) is 0 Å². The van der Waals surface area contributed by atoms with Crippen LogP contribution in [0.1, 0.15) is 33.6 Å². The first kappa shape index (κ1) is 21.1. The summed E-state index contributed by atoms with van der Waals surface area (Å²) in [7, 11) is 0. The molecule has 4 rings (SSSR count). The number of imide groups is 1. The van der Waals surface area contributed by atoms with E-state index in [0.717, 1.165) is 43.8 Å². The fourth-order valence-electron chi connectivity index (χ4n) is 3.85. The molecule has 0 spiro atoms. The number of rotatable bonds is 4. The molecule has 1 saturated heterocycles. The molecule has 31 heavy (non-hydrogen) atoms. The molecule has 2 aromatic carbocycles. The van der Waals surface area contributed by atoms with Gasteiger partial charge >= 0.3 is 6.03 Å². The largest absolute Gasteiger partial charge is 0.329 e. The van der Waals surface area contributed by atoms with Gasteiger partial charge in [-0.25, -0.2) is 4.79 Å². The number of urea groups is 1. The van der Waals surface area contributed by atoms with Gasteiger partial charge in [0.2, 0.25) is 0 Å². The van der Waals surface area contributed by atoms with Crippen LogP contribution in [0.25, 0.3) is 11.8 Å². The Bertz CT molecular complexity index is 1220. The fraction of sp³-hybridized carbons (Fsp3) is 0.200. The van der Waals surface area contributed by atoms with Crippen molar-refractivity contribution < 1.29 is 9.59 Å². The SMILES string of the molecule is Cc1ccc(CN2C(=O)N/C(=C/c3cc(C)n(-c4ccc(Br)c(C)c4)c3C)C2=O)cc1. The van der Waals surface area contributed by atoms with E-state index in [1.54, 1.807) is 6.08 Å². The Kier molecular flexibility index (Phi) is 5.58. The predicted octanol–water partition coefficient (Wildman–Crippen LogP) is 5.57. The molecular weight excluding hydrogens is 454 g/mol. The molecule has 3 aromatic rings. The lowest BCUT2D eigenvalue weighted by Gasteiger charge is -2.12. The Balaban J connectivity index is 1.63. The van der Waals surface area contributed by atoms with Gasteiger partial charge in [-0.05, 0) is 74.7 Å². The molecule has 0 radical (unpaired) electrons. The maximum atomic E-state index is 12.9. The van der Waals surface area contributed by atoms with Gasteiger partial charge in [0, 0.05) is 21.5 Å². The minimum atomic E-state index is -0.394. The van der Waals surface area contributed by atoms with Gasteiger partial charge in [0.25, 0.3) is 5.91 Å². The number of hydrogen-bond donors (Lipinski definition) is 1. The Morgan fingerprint density at radius 1 is 0.968 bits per heavy atom. The van der Waals surface area contributed by atoms with Crippen LogP contribution < -0.4 is 5.32 Å². The zero-order valence-corrected chi connectivity index (χ0v) is 19.6. The molecule has 1 aromatic heterocycles. The first-order valence-electron chi connectivity index (χ1n) is 10.1. The van der Waals surface area contributed by atoms with E-state index >= 15 is 0 Å². The highest BCUT2D eigenvalue weighted by molar-refractivity contribution is 9.10. The van der Waals surface area contributed by atoms with Crippen molar-refractivity contribution in [1.82, 2.24) is 14.8 Å². The van der Waals surface area contributed by atoms with Crippen LogP contribution in [0.3, 0.4) is 0 Å². The molecule has 0 saturated carbocycles. The highest BCUT2D eigenvalue weighted by Gasteiger charge is 2.33. The first-order chi connectivity index (χ1) is 14.7. The number of benzene rings is 2. The number of halogens is 1. The Labute approximate surface area is 190 Å². The van der Waals surface area contributed by atoms with Crippen molar-refractivity contribution in [2.75, 3.05) is 0 Å². The molecule has 6 heteroatoms. The number of aromatic nitrogens is 1. The quantitative estimate of drug-likeness (QED) is 0.394. The van der Waals surface area contributed by atoms with Crippen LogP contribution in [0.5, 0.6) is 0 Å². The van der Waals surface area contributed by atoms with E-state index in [2.05, 4.69) is 44.9 Å². The third kappa shape index (κ3) is 4.08. The predicted molar refractivity (Wildman–Crippen MR) is 126 cm³/mol. The minimum absolute atomic E-state index is 0.249. The van der Waals surface area contributed by atoms with Crippen molar-refractivity contribution in [2.24, 2.45) is 0 Å². The topological polar surface area (TPSA) is 54.3 Å². The summed E-state index contributed by atoms with van der Waals surface area (Å²) in [6.07, 6.45) is 1.76. The summed E-state index contributed by atoms with van der Waals surface area (Å²) in [5.41, 5.74) is 7.52. The number of carbonyl (C=O) groups excluding carboxylic acids is 2. The summed E-state index contributed by atoms with van der Waals surface area (Å²) in [5.74, 6) is -0.310. The summed E-state index contributed by atoms with van der Waals surface area (Å²) in [6.45, 7) is 8.36. The summed E-state index contributed by atoms with van der Waals surface area (Å²) < 4.78 is 3.21. The standard InChI is InChI=1S/C25H24BrN3O2/c1-15-5-7-19(8-6-15)14-28-24(30)23(27-25(28)31)13-20-12-17(3)29(18(20)4)21-9-10-22(26)16(2)11-21/h5-13H,14H2,1-4H3,(H,27,31)/b23-13+. The Morgan fingerprint density at radius 3 is 2.35 bits per heavy atom. The highest BCUT2D eigenvalue weighted by atomic mass is 79.9. The summed E-state index contributed by atoms with van der Waals surface area (Å²) >= 11 is 3.55. The maximum absolute atomic E-state index is 12.9. The van der Waals surface area contributed by atoms with E-state index in [1.165, 1.54) is 4.90 Å². The lowest BCUT2D eigenvalue weighted by Crippen LogP contribution is -2.30. The smallest absolute Gasteiger partial charge is 0.318 e. The van der Waals surface area contributed by atoms with Crippen LogP contribution in [0, 0.1) is 27.7 Å². The van der Waals surface area contributed by atoms with Gasteiger partial charge < -0.3 is 9.88 Å². The number of aryl methyl sites for hydroxylation is 3. The molecule has 0 atom stereocenters. The van der Waals surface area contributed by atoms with E-state index in [1.807, 2.05) is 57.2 Å². The van der Waals surface area contributed by atoms with E-state index in [-0.39, 0.29) is 12.5 Å². The second-order valence-electron chi connectivity index (χ2n) is 7.96. The van der Waals surface area contributed by atoms with Gasteiger partial charge in [-0.3, -0.25) is 9.69 Å². The Morgan fingerprint density at radius 2 is 1.68 bits per heavy atom. The van der Waals surface area contributed by atoms with Crippen LogP contribution in [-0.4, -0.2) is 21.4 Å². The number of hydrogen-bond acceptors (Lipinski definition) is 2. The molecule has 0 aliphatic carbocycles. The molecule has 1 N–H and O–H groups in total. The molecule has 2 heterocycles. The number of amides is 3. The lowest BCUT2D eigenvalue weighted by atomic mass is 10.1. The normalized spacial score (nSPS) is 15.1. The zero-order valence-electron chi connectivity index (χ0n) is 18.0. The molecule has 1 fully saturated rings. The van der Waals surface area contributed by atoms with Crippen molar-refractivity contribution in [3.8, 4) is 5.69 Å². The monoisotopic (exact) mass is 477 g/mol. The molecule has 0 bridgehead atoms. The minimum Gasteiger partial charge on any atom is -0.318 e. The van der Waals surface area contributed by atoms with Gasteiger partial charge in [0.1, 0.15) is 5.70 Å². The van der Waals surface area contributed by atoms with E-state index in [4.69, 9.17) is 0 Å². The van der Waals surface area contributed by atoms with E-state index in [0.29, 0.717) is 5.70 Å². The molecule has 0 unspecified atom stereocenters. The third-order valence-corrected chi connectivity index (χ3v) is 6.48. The van der Waals surface area contributed by atoms with Gasteiger partial charge in [0.05, 0.1) is 6.54 Å². The van der Waals surface area contributed by atoms with Gasteiger partial charge in [0.15, 0.2) is 0 Å². The fourth-order valence-corrected chi connectivity index (χ4v) is 4.09. The second kappa shape index (κ2) is 8.19. The van der Waals surface area contributed by atoms with Gasteiger partial charge in [-0.1, -0.05) is 45.8 Å². The average molecular weight is 478 g/mol. The second-order valence-corrected chi connectivity index (χ2v) is 8.81. The van der Waals surface area contributed by atoms with Gasteiger partial charge in [-0.2, -0.15) is 0 Å².